The average Bonchev–Trinajstić information content (AvgIpc) is 2.48. The maximum Gasteiger partial charge on any atom is 0.420 e. The van der Waals surface area contributed by atoms with Crippen molar-refractivity contribution in [3.8, 4) is 0 Å². The molecule has 0 aromatic heterocycles. The van der Waals surface area contributed by atoms with Crippen molar-refractivity contribution in [3.63, 3.8) is 0 Å². The Hall–Kier alpha value is -2.57. The van der Waals surface area contributed by atoms with E-state index in [1.54, 1.807) is 71.9 Å². The Kier molecular flexibility index (Phi) is 6.78. The van der Waals surface area contributed by atoms with Crippen LogP contribution in [0.4, 0.5) is 9.59 Å². The minimum atomic E-state index is -1.33. The molecule has 26 heavy (non-hydrogen) atoms. The van der Waals surface area contributed by atoms with Crippen molar-refractivity contribution in [2.75, 3.05) is 7.11 Å². The lowest BCUT2D eigenvalue weighted by atomic mass is 10.1. The third-order valence-corrected chi connectivity index (χ3v) is 2.98. The molecule has 144 valence electrons. The molecular formula is C19H27NO6. The lowest BCUT2D eigenvalue weighted by Gasteiger charge is -2.32. The van der Waals surface area contributed by atoms with Crippen LogP contribution in [0.25, 0.3) is 0 Å². The molecule has 0 aliphatic heterocycles. The van der Waals surface area contributed by atoms with Gasteiger partial charge in [0.25, 0.3) is 0 Å². The Labute approximate surface area is 154 Å². The molecular weight excluding hydrogens is 338 g/mol. The second-order valence-corrected chi connectivity index (χ2v) is 7.67. The minimum Gasteiger partial charge on any atom is -0.467 e. The highest BCUT2D eigenvalue weighted by Gasteiger charge is 2.41. The van der Waals surface area contributed by atoms with Crippen molar-refractivity contribution in [1.82, 2.24) is 4.90 Å². The first-order valence-corrected chi connectivity index (χ1v) is 8.23. The maximum absolute atomic E-state index is 12.7. The van der Waals surface area contributed by atoms with Gasteiger partial charge in [0.05, 0.1) is 7.11 Å². The molecule has 1 atom stereocenters. The van der Waals surface area contributed by atoms with E-state index in [-0.39, 0.29) is 0 Å². The topological polar surface area (TPSA) is 82.1 Å². The zero-order valence-electron chi connectivity index (χ0n) is 16.4. The summed E-state index contributed by atoms with van der Waals surface area (Å²) in [6.07, 6.45) is -1.99. The monoisotopic (exact) mass is 365 g/mol. The van der Waals surface area contributed by atoms with Gasteiger partial charge in [0.15, 0.2) is 6.04 Å². The van der Waals surface area contributed by atoms with Gasteiger partial charge in [0.1, 0.15) is 11.2 Å². The van der Waals surface area contributed by atoms with E-state index < -0.39 is 35.4 Å². The van der Waals surface area contributed by atoms with Gasteiger partial charge in [0, 0.05) is 0 Å². The van der Waals surface area contributed by atoms with Crippen molar-refractivity contribution in [1.29, 1.82) is 0 Å². The first kappa shape index (κ1) is 21.5. The van der Waals surface area contributed by atoms with E-state index in [1.165, 1.54) is 7.11 Å². The number of nitrogens with zero attached hydrogens (tertiary/aromatic N) is 1. The Morgan fingerprint density at radius 1 is 0.846 bits per heavy atom. The lowest BCUT2D eigenvalue weighted by Crippen LogP contribution is -2.48. The molecule has 0 spiro atoms. The smallest absolute Gasteiger partial charge is 0.420 e. The number of methoxy groups -OCH3 is 1. The summed E-state index contributed by atoms with van der Waals surface area (Å²) in [7, 11) is 1.18. The Morgan fingerprint density at radius 2 is 1.27 bits per heavy atom. The quantitative estimate of drug-likeness (QED) is 0.593. The zero-order chi connectivity index (χ0) is 20.1. The Bertz CT molecular complexity index is 614. The molecule has 1 rings (SSSR count). The third kappa shape index (κ3) is 6.38. The van der Waals surface area contributed by atoms with Gasteiger partial charge < -0.3 is 14.2 Å². The number of rotatable bonds is 3. The fraction of sp³-hybridized carbons (Fsp3) is 0.526. The van der Waals surface area contributed by atoms with Crippen LogP contribution in [0.2, 0.25) is 0 Å². The van der Waals surface area contributed by atoms with Crippen molar-refractivity contribution in [2.45, 2.75) is 58.8 Å². The molecule has 7 nitrogen and oxygen atoms in total. The van der Waals surface area contributed by atoms with Crippen LogP contribution in [-0.2, 0) is 19.0 Å². The largest absolute Gasteiger partial charge is 0.467 e. The van der Waals surface area contributed by atoms with E-state index in [0.29, 0.717) is 10.5 Å². The van der Waals surface area contributed by atoms with Crippen LogP contribution in [0.15, 0.2) is 30.3 Å². The molecule has 0 radical (unpaired) electrons. The Morgan fingerprint density at radius 3 is 1.62 bits per heavy atom. The highest BCUT2D eigenvalue weighted by Crippen LogP contribution is 2.27. The number of hydrogen-bond donors (Lipinski definition) is 0. The average molecular weight is 365 g/mol. The number of esters is 1. The van der Waals surface area contributed by atoms with E-state index in [9.17, 15) is 14.4 Å². The summed E-state index contributed by atoms with van der Waals surface area (Å²) in [5.74, 6) is -0.784. The zero-order valence-corrected chi connectivity index (χ0v) is 16.4. The Balaban J connectivity index is 3.40. The number of carbonyl (C=O) groups excluding carboxylic acids is 3. The predicted molar refractivity (Wildman–Crippen MR) is 95.5 cm³/mol. The molecule has 0 unspecified atom stereocenters. The van der Waals surface area contributed by atoms with Gasteiger partial charge in [-0.2, -0.15) is 4.90 Å². The van der Waals surface area contributed by atoms with Crippen LogP contribution in [0.5, 0.6) is 0 Å². The fourth-order valence-electron chi connectivity index (χ4n) is 2.05. The summed E-state index contributed by atoms with van der Waals surface area (Å²) in [5.41, 5.74) is -1.33. The molecule has 0 heterocycles. The van der Waals surface area contributed by atoms with E-state index in [1.807, 2.05) is 0 Å². The van der Waals surface area contributed by atoms with Crippen LogP contribution in [0.1, 0.15) is 53.1 Å². The van der Waals surface area contributed by atoms with Crippen molar-refractivity contribution in [3.05, 3.63) is 35.9 Å². The van der Waals surface area contributed by atoms with E-state index in [4.69, 9.17) is 14.2 Å². The molecule has 0 saturated carbocycles. The van der Waals surface area contributed by atoms with Gasteiger partial charge in [-0.05, 0) is 47.1 Å². The number of benzene rings is 1. The van der Waals surface area contributed by atoms with Crippen LogP contribution >= 0.6 is 0 Å². The normalized spacial score (nSPS) is 12.7. The predicted octanol–water partition coefficient (Wildman–Crippen LogP) is 4.07. The fourth-order valence-corrected chi connectivity index (χ4v) is 2.05. The number of imide groups is 1. The van der Waals surface area contributed by atoms with Crippen molar-refractivity contribution in [2.24, 2.45) is 0 Å². The third-order valence-electron chi connectivity index (χ3n) is 2.98. The van der Waals surface area contributed by atoms with Crippen LogP contribution in [-0.4, -0.2) is 41.4 Å². The summed E-state index contributed by atoms with van der Waals surface area (Å²) >= 11 is 0. The molecule has 0 fully saturated rings. The summed E-state index contributed by atoms with van der Waals surface area (Å²) < 4.78 is 15.4. The molecule has 1 aromatic rings. The molecule has 2 amide bonds. The molecule has 0 aliphatic rings. The lowest BCUT2D eigenvalue weighted by molar-refractivity contribution is -0.147. The van der Waals surface area contributed by atoms with Gasteiger partial charge in [-0.15, -0.1) is 0 Å². The molecule has 7 heteroatoms. The molecule has 0 N–H and O–H groups in total. The summed E-state index contributed by atoms with van der Waals surface area (Å²) in [4.78, 5) is 38.5. The van der Waals surface area contributed by atoms with Gasteiger partial charge in [-0.1, -0.05) is 30.3 Å². The summed E-state index contributed by atoms with van der Waals surface area (Å²) in [6, 6.07) is 7.03. The van der Waals surface area contributed by atoms with Gasteiger partial charge in [0.2, 0.25) is 0 Å². The number of amides is 2. The van der Waals surface area contributed by atoms with E-state index >= 15 is 0 Å². The van der Waals surface area contributed by atoms with Crippen LogP contribution < -0.4 is 0 Å². The highest BCUT2D eigenvalue weighted by molar-refractivity contribution is 5.94. The second kappa shape index (κ2) is 8.21. The first-order valence-electron chi connectivity index (χ1n) is 8.23. The van der Waals surface area contributed by atoms with Crippen molar-refractivity contribution >= 4 is 18.2 Å². The number of carbonyl (C=O) groups is 3. The van der Waals surface area contributed by atoms with Crippen molar-refractivity contribution < 1.29 is 28.6 Å². The van der Waals surface area contributed by atoms with E-state index in [0.717, 1.165) is 0 Å². The SMILES string of the molecule is COC(=O)[C@@H](c1ccccc1)N(C(=O)OC(C)(C)C)C(=O)OC(C)(C)C. The standard InChI is InChI=1S/C19H27NO6/c1-18(2,3)25-16(22)20(17(23)26-19(4,5)6)14(15(21)24-7)13-11-9-8-10-12-13/h8-12,14H,1-7H3/t14-/m1/s1. The molecule has 1 aromatic carbocycles. The second-order valence-electron chi connectivity index (χ2n) is 7.67. The summed E-state index contributed by atoms with van der Waals surface area (Å²) in [6.45, 7) is 9.96. The highest BCUT2D eigenvalue weighted by atomic mass is 16.6. The van der Waals surface area contributed by atoms with Gasteiger partial charge in [-0.25, -0.2) is 14.4 Å². The maximum atomic E-state index is 12.7. The molecule has 0 saturated heterocycles. The van der Waals surface area contributed by atoms with Crippen LogP contribution in [0, 0.1) is 0 Å². The number of hydrogen-bond acceptors (Lipinski definition) is 6. The minimum absolute atomic E-state index is 0.399. The number of ether oxygens (including phenoxy) is 3. The van der Waals surface area contributed by atoms with Gasteiger partial charge >= 0.3 is 18.2 Å². The first-order chi connectivity index (χ1) is 11.9. The van der Waals surface area contributed by atoms with E-state index in [2.05, 4.69) is 0 Å². The van der Waals surface area contributed by atoms with Crippen LogP contribution in [0.3, 0.4) is 0 Å². The molecule has 0 bridgehead atoms. The molecule has 0 aliphatic carbocycles. The van der Waals surface area contributed by atoms with Gasteiger partial charge in [-0.3, -0.25) is 0 Å². The summed E-state index contributed by atoms with van der Waals surface area (Å²) in [5, 5.41) is 0.